The van der Waals surface area contributed by atoms with Crippen LogP contribution in [-0.2, 0) is 9.59 Å². The molecule has 0 aliphatic carbocycles. The summed E-state index contributed by atoms with van der Waals surface area (Å²) in [5, 5.41) is 2.85. The Bertz CT molecular complexity index is 487. The highest BCUT2D eigenvalue weighted by atomic mass is 16.5. The second-order valence-electron chi connectivity index (χ2n) is 4.53. The second-order valence-corrected chi connectivity index (χ2v) is 4.53. The Morgan fingerprint density at radius 2 is 2.32 bits per heavy atom. The number of methoxy groups -OCH3 is 1. The standard InChI is InChI=1S/C14H18N2O3/c1-3-13(17)15-10-7-14(18)16(9-10)11-5-4-6-12(8-11)19-2/h4-6,8,10H,3,7,9H2,1-2H3,(H,15,17). The molecular formula is C14H18N2O3. The van der Waals surface area contributed by atoms with Gasteiger partial charge in [0.2, 0.25) is 11.8 Å². The van der Waals surface area contributed by atoms with Gasteiger partial charge in [-0.1, -0.05) is 13.0 Å². The van der Waals surface area contributed by atoms with E-state index in [1.807, 2.05) is 24.3 Å². The van der Waals surface area contributed by atoms with Gasteiger partial charge >= 0.3 is 0 Å². The molecule has 0 bridgehead atoms. The molecule has 1 aromatic rings. The first-order valence-corrected chi connectivity index (χ1v) is 6.37. The Morgan fingerprint density at radius 1 is 1.53 bits per heavy atom. The van der Waals surface area contributed by atoms with Crippen LogP contribution < -0.4 is 15.0 Å². The molecular weight excluding hydrogens is 244 g/mol. The zero-order valence-electron chi connectivity index (χ0n) is 11.2. The van der Waals surface area contributed by atoms with Crippen molar-refractivity contribution >= 4 is 17.5 Å². The van der Waals surface area contributed by atoms with Gasteiger partial charge in [0.05, 0.1) is 13.2 Å². The minimum absolute atomic E-state index is 0.0228. The molecule has 1 aliphatic rings. The van der Waals surface area contributed by atoms with Gasteiger partial charge in [0.25, 0.3) is 0 Å². The first kappa shape index (κ1) is 13.4. The number of hydrogen-bond acceptors (Lipinski definition) is 3. The summed E-state index contributed by atoms with van der Waals surface area (Å²) < 4.78 is 5.15. The third-order valence-corrected chi connectivity index (χ3v) is 3.18. The van der Waals surface area contributed by atoms with Gasteiger partial charge in [0.1, 0.15) is 5.75 Å². The smallest absolute Gasteiger partial charge is 0.229 e. The van der Waals surface area contributed by atoms with Gasteiger partial charge in [-0.2, -0.15) is 0 Å². The van der Waals surface area contributed by atoms with Crippen LogP contribution in [0.2, 0.25) is 0 Å². The fraction of sp³-hybridized carbons (Fsp3) is 0.429. The fourth-order valence-electron chi connectivity index (χ4n) is 2.16. The minimum atomic E-state index is -0.105. The highest BCUT2D eigenvalue weighted by molar-refractivity contribution is 5.97. The molecule has 19 heavy (non-hydrogen) atoms. The number of ether oxygens (including phenoxy) is 1. The molecule has 5 heteroatoms. The Labute approximate surface area is 112 Å². The fourth-order valence-corrected chi connectivity index (χ4v) is 2.16. The molecule has 1 atom stereocenters. The molecule has 1 saturated heterocycles. The number of amides is 2. The lowest BCUT2D eigenvalue weighted by Crippen LogP contribution is -2.36. The molecule has 2 rings (SSSR count). The number of carbonyl (C=O) groups excluding carboxylic acids is 2. The molecule has 1 aliphatic heterocycles. The predicted molar refractivity (Wildman–Crippen MR) is 72.2 cm³/mol. The van der Waals surface area contributed by atoms with Gasteiger partial charge in [-0.25, -0.2) is 0 Å². The van der Waals surface area contributed by atoms with Crippen molar-refractivity contribution in [1.29, 1.82) is 0 Å². The third kappa shape index (κ3) is 3.05. The van der Waals surface area contributed by atoms with Crippen molar-refractivity contribution in [1.82, 2.24) is 5.32 Å². The monoisotopic (exact) mass is 262 g/mol. The number of hydrogen-bond donors (Lipinski definition) is 1. The molecule has 5 nitrogen and oxygen atoms in total. The summed E-state index contributed by atoms with van der Waals surface area (Å²) in [5.74, 6) is 0.714. The first-order valence-electron chi connectivity index (χ1n) is 6.37. The Hall–Kier alpha value is -2.04. The first-order chi connectivity index (χ1) is 9.13. The molecule has 1 unspecified atom stereocenters. The van der Waals surface area contributed by atoms with Crippen LogP contribution in [0.4, 0.5) is 5.69 Å². The Morgan fingerprint density at radius 3 is 3.00 bits per heavy atom. The lowest BCUT2D eigenvalue weighted by Gasteiger charge is -2.17. The number of nitrogens with zero attached hydrogens (tertiary/aromatic N) is 1. The highest BCUT2D eigenvalue weighted by Gasteiger charge is 2.31. The van der Waals surface area contributed by atoms with E-state index in [9.17, 15) is 9.59 Å². The van der Waals surface area contributed by atoms with E-state index < -0.39 is 0 Å². The van der Waals surface area contributed by atoms with Crippen molar-refractivity contribution in [2.75, 3.05) is 18.6 Å². The van der Waals surface area contributed by atoms with E-state index in [0.29, 0.717) is 25.1 Å². The van der Waals surface area contributed by atoms with E-state index in [-0.39, 0.29) is 17.9 Å². The van der Waals surface area contributed by atoms with E-state index >= 15 is 0 Å². The molecule has 0 spiro atoms. The van der Waals surface area contributed by atoms with Crippen LogP contribution >= 0.6 is 0 Å². The summed E-state index contributed by atoms with van der Waals surface area (Å²) >= 11 is 0. The van der Waals surface area contributed by atoms with Crippen molar-refractivity contribution in [3.63, 3.8) is 0 Å². The normalized spacial score (nSPS) is 18.5. The average Bonchev–Trinajstić information content (AvgIpc) is 2.79. The molecule has 1 heterocycles. The number of carbonyl (C=O) groups is 2. The molecule has 1 fully saturated rings. The van der Waals surface area contributed by atoms with Crippen LogP contribution in [0.25, 0.3) is 0 Å². The lowest BCUT2D eigenvalue weighted by atomic mass is 10.2. The van der Waals surface area contributed by atoms with Crippen LogP contribution in [0.15, 0.2) is 24.3 Å². The van der Waals surface area contributed by atoms with Gasteiger partial charge in [0.15, 0.2) is 0 Å². The maximum absolute atomic E-state index is 12.0. The summed E-state index contributed by atoms with van der Waals surface area (Å²) in [4.78, 5) is 25.0. The average molecular weight is 262 g/mol. The van der Waals surface area contributed by atoms with Gasteiger partial charge in [-0.3, -0.25) is 9.59 Å². The Kier molecular flexibility index (Phi) is 4.04. The highest BCUT2D eigenvalue weighted by Crippen LogP contribution is 2.25. The van der Waals surface area contributed by atoms with Crippen LogP contribution in [0.1, 0.15) is 19.8 Å². The van der Waals surface area contributed by atoms with Gasteiger partial charge in [-0.15, -0.1) is 0 Å². The van der Waals surface area contributed by atoms with Crippen LogP contribution in [0, 0.1) is 0 Å². The van der Waals surface area contributed by atoms with Gasteiger partial charge < -0.3 is 15.0 Å². The molecule has 1 N–H and O–H groups in total. The molecule has 1 aromatic carbocycles. The largest absolute Gasteiger partial charge is 0.497 e. The number of anilines is 1. The maximum Gasteiger partial charge on any atom is 0.229 e. The van der Waals surface area contributed by atoms with Crippen molar-refractivity contribution < 1.29 is 14.3 Å². The van der Waals surface area contributed by atoms with Crippen LogP contribution in [-0.4, -0.2) is 31.5 Å². The summed E-state index contributed by atoms with van der Waals surface area (Å²) in [5.41, 5.74) is 0.803. The molecule has 0 radical (unpaired) electrons. The van der Waals surface area contributed by atoms with Crippen molar-refractivity contribution in [2.24, 2.45) is 0 Å². The summed E-state index contributed by atoms with van der Waals surface area (Å²) in [7, 11) is 1.59. The molecule has 2 amide bonds. The van der Waals surface area contributed by atoms with Crippen molar-refractivity contribution in [2.45, 2.75) is 25.8 Å². The number of nitrogens with one attached hydrogen (secondary N) is 1. The SMILES string of the molecule is CCC(=O)NC1CC(=O)N(c2cccc(OC)c2)C1. The molecule has 0 saturated carbocycles. The zero-order chi connectivity index (χ0) is 13.8. The zero-order valence-corrected chi connectivity index (χ0v) is 11.2. The second kappa shape index (κ2) is 5.73. The van der Waals surface area contributed by atoms with E-state index in [0.717, 1.165) is 5.69 Å². The summed E-state index contributed by atoms with van der Waals surface area (Å²) in [6.45, 7) is 2.31. The van der Waals surface area contributed by atoms with Crippen molar-refractivity contribution in [3.05, 3.63) is 24.3 Å². The predicted octanol–water partition coefficient (Wildman–Crippen LogP) is 1.33. The van der Waals surface area contributed by atoms with Gasteiger partial charge in [-0.05, 0) is 12.1 Å². The third-order valence-electron chi connectivity index (χ3n) is 3.18. The van der Waals surface area contributed by atoms with E-state index in [4.69, 9.17) is 4.74 Å². The topological polar surface area (TPSA) is 58.6 Å². The minimum Gasteiger partial charge on any atom is -0.497 e. The van der Waals surface area contributed by atoms with E-state index in [2.05, 4.69) is 5.32 Å². The number of benzene rings is 1. The van der Waals surface area contributed by atoms with Crippen LogP contribution in [0.5, 0.6) is 5.75 Å². The molecule has 102 valence electrons. The van der Waals surface area contributed by atoms with E-state index in [1.165, 1.54) is 0 Å². The van der Waals surface area contributed by atoms with Gasteiger partial charge in [0, 0.05) is 31.1 Å². The van der Waals surface area contributed by atoms with Crippen molar-refractivity contribution in [3.8, 4) is 5.75 Å². The Balaban J connectivity index is 2.08. The summed E-state index contributed by atoms with van der Waals surface area (Å²) in [6, 6.07) is 7.26. The van der Waals surface area contributed by atoms with E-state index in [1.54, 1.807) is 18.9 Å². The summed E-state index contributed by atoms with van der Waals surface area (Å²) in [6.07, 6.45) is 0.785. The molecule has 0 aromatic heterocycles. The quantitative estimate of drug-likeness (QED) is 0.890. The lowest BCUT2D eigenvalue weighted by molar-refractivity contribution is -0.121. The van der Waals surface area contributed by atoms with Crippen LogP contribution in [0.3, 0.4) is 0 Å². The number of rotatable bonds is 4. The maximum atomic E-state index is 12.0.